The van der Waals surface area contributed by atoms with Gasteiger partial charge in [0.15, 0.2) is 0 Å². The number of benzene rings is 1. The second-order valence-corrected chi connectivity index (χ2v) is 3.32. The van der Waals surface area contributed by atoms with Crippen molar-refractivity contribution in [2.45, 2.75) is 6.42 Å². The Balaban J connectivity index is 2.57. The van der Waals surface area contributed by atoms with Gasteiger partial charge in [-0.1, -0.05) is 18.2 Å². The Morgan fingerprint density at radius 2 is 2.07 bits per heavy atom. The van der Waals surface area contributed by atoms with E-state index in [1.165, 1.54) is 5.56 Å². The highest BCUT2D eigenvalue weighted by molar-refractivity contribution is 5.33. The average Bonchev–Trinajstić information content (AvgIpc) is 2.26. The van der Waals surface area contributed by atoms with Crippen molar-refractivity contribution in [1.82, 2.24) is 4.90 Å². The molecular weight excluding hydrogens is 176 g/mol. The van der Waals surface area contributed by atoms with Crippen molar-refractivity contribution in [3.05, 3.63) is 29.8 Å². The lowest BCUT2D eigenvalue weighted by Crippen LogP contribution is -2.27. The molecule has 0 heterocycles. The van der Waals surface area contributed by atoms with Gasteiger partial charge in [0.2, 0.25) is 0 Å². The number of para-hydroxylation sites is 1. The van der Waals surface area contributed by atoms with Gasteiger partial charge < -0.3 is 10.5 Å². The first-order valence-corrected chi connectivity index (χ1v) is 4.78. The molecule has 0 aromatic heterocycles. The fraction of sp³-hybridized carbons (Fsp3) is 0.455. The van der Waals surface area contributed by atoms with Gasteiger partial charge in [-0.3, -0.25) is 4.90 Å². The summed E-state index contributed by atoms with van der Waals surface area (Å²) in [5.74, 6) is 0.956. The average molecular weight is 194 g/mol. The molecule has 0 spiro atoms. The van der Waals surface area contributed by atoms with Crippen LogP contribution in [0.5, 0.6) is 5.75 Å². The van der Waals surface area contributed by atoms with Crippen LogP contribution in [0.15, 0.2) is 24.3 Å². The van der Waals surface area contributed by atoms with Crippen LogP contribution in [-0.4, -0.2) is 32.3 Å². The van der Waals surface area contributed by atoms with E-state index in [1.807, 2.05) is 25.2 Å². The van der Waals surface area contributed by atoms with Crippen LogP contribution in [0, 0.1) is 0 Å². The molecular formula is C11H18N2O. The second-order valence-electron chi connectivity index (χ2n) is 3.32. The van der Waals surface area contributed by atoms with Crippen LogP contribution in [0.4, 0.5) is 0 Å². The number of likely N-dealkylation sites (N-methyl/N-ethyl adjacent to an activating group) is 1. The van der Waals surface area contributed by atoms with E-state index in [1.54, 1.807) is 7.11 Å². The molecule has 0 fully saturated rings. The van der Waals surface area contributed by atoms with E-state index in [2.05, 4.69) is 11.0 Å². The highest BCUT2D eigenvalue weighted by Crippen LogP contribution is 2.17. The van der Waals surface area contributed by atoms with E-state index in [0.717, 1.165) is 18.7 Å². The zero-order valence-corrected chi connectivity index (χ0v) is 8.86. The molecule has 78 valence electrons. The van der Waals surface area contributed by atoms with E-state index in [4.69, 9.17) is 10.5 Å². The molecule has 0 radical (unpaired) electrons. The molecule has 2 N–H and O–H groups in total. The highest BCUT2D eigenvalue weighted by Gasteiger charge is 2.02. The quantitative estimate of drug-likeness (QED) is 0.713. The third kappa shape index (κ3) is 3.01. The van der Waals surface area contributed by atoms with Gasteiger partial charge in [0.1, 0.15) is 5.75 Å². The largest absolute Gasteiger partial charge is 0.496 e. The zero-order chi connectivity index (χ0) is 10.4. The minimum absolute atomic E-state index is 0.592. The molecule has 1 rings (SSSR count). The van der Waals surface area contributed by atoms with Gasteiger partial charge >= 0.3 is 0 Å². The maximum absolute atomic E-state index is 5.50. The van der Waals surface area contributed by atoms with Crippen LogP contribution in [0.3, 0.4) is 0 Å². The molecule has 0 saturated heterocycles. The first kappa shape index (κ1) is 11.0. The third-order valence-electron chi connectivity index (χ3n) is 2.27. The predicted molar refractivity (Wildman–Crippen MR) is 58.4 cm³/mol. The minimum Gasteiger partial charge on any atom is -0.496 e. The molecule has 14 heavy (non-hydrogen) atoms. The topological polar surface area (TPSA) is 38.5 Å². The van der Waals surface area contributed by atoms with Crippen molar-refractivity contribution in [2.24, 2.45) is 5.73 Å². The summed E-state index contributed by atoms with van der Waals surface area (Å²) >= 11 is 0. The number of nitrogens with zero attached hydrogens (tertiary/aromatic N) is 1. The van der Waals surface area contributed by atoms with E-state index >= 15 is 0 Å². The summed E-state index contributed by atoms with van der Waals surface area (Å²) in [5, 5.41) is 0. The van der Waals surface area contributed by atoms with Crippen LogP contribution >= 0.6 is 0 Å². The van der Waals surface area contributed by atoms with Crippen LogP contribution < -0.4 is 10.5 Å². The Bertz CT molecular complexity index is 276. The van der Waals surface area contributed by atoms with Crippen molar-refractivity contribution in [3.63, 3.8) is 0 Å². The lowest BCUT2D eigenvalue weighted by atomic mass is 10.1. The van der Waals surface area contributed by atoms with Gasteiger partial charge in [0, 0.05) is 13.2 Å². The molecule has 0 saturated carbocycles. The summed E-state index contributed by atoms with van der Waals surface area (Å²) in [6.07, 6.45) is 0.970. The van der Waals surface area contributed by atoms with Gasteiger partial charge in [0.05, 0.1) is 7.11 Å². The zero-order valence-electron chi connectivity index (χ0n) is 8.86. The lowest BCUT2D eigenvalue weighted by Gasteiger charge is -2.14. The fourth-order valence-corrected chi connectivity index (χ4v) is 1.31. The van der Waals surface area contributed by atoms with Gasteiger partial charge in [-0.25, -0.2) is 0 Å². The van der Waals surface area contributed by atoms with Crippen LogP contribution in [0.2, 0.25) is 0 Å². The van der Waals surface area contributed by atoms with Crippen molar-refractivity contribution in [2.75, 3.05) is 27.4 Å². The van der Waals surface area contributed by atoms with E-state index in [9.17, 15) is 0 Å². The Labute approximate surface area is 85.5 Å². The standard InChI is InChI=1S/C11H18N2O/c1-13(9-12)8-7-10-5-3-4-6-11(10)14-2/h3-6H,7-9,12H2,1-2H3. The molecule has 1 aromatic rings. The van der Waals surface area contributed by atoms with Crippen LogP contribution in [0.25, 0.3) is 0 Å². The maximum atomic E-state index is 5.50. The number of nitrogens with two attached hydrogens (primary N) is 1. The molecule has 0 amide bonds. The molecule has 1 aromatic carbocycles. The van der Waals surface area contributed by atoms with E-state index in [-0.39, 0.29) is 0 Å². The summed E-state index contributed by atoms with van der Waals surface area (Å²) in [6.45, 7) is 1.55. The Kier molecular flexibility index (Phi) is 4.43. The SMILES string of the molecule is COc1ccccc1CCN(C)CN. The van der Waals surface area contributed by atoms with Crippen LogP contribution in [0.1, 0.15) is 5.56 Å². The van der Waals surface area contributed by atoms with Crippen LogP contribution in [-0.2, 0) is 6.42 Å². The third-order valence-corrected chi connectivity index (χ3v) is 2.27. The summed E-state index contributed by atoms with van der Waals surface area (Å²) in [4.78, 5) is 2.08. The summed E-state index contributed by atoms with van der Waals surface area (Å²) in [7, 11) is 3.71. The molecule has 0 atom stereocenters. The van der Waals surface area contributed by atoms with E-state index < -0.39 is 0 Å². The van der Waals surface area contributed by atoms with Gasteiger partial charge in [-0.2, -0.15) is 0 Å². The monoisotopic (exact) mass is 194 g/mol. The molecule has 0 bridgehead atoms. The van der Waals surface area contributed by atoms with Gasteiger partial charge in [-0.05, 0) is 25.1 Å². The normalized spacial score (nSPS) is 10.6. The number of methoxy groups -OCH3 is 1. The molecule has 0 aliphatic rings. The number of hydrogen-bond acceptors (Lipinski definition) is 3. The lowest BCUT2D eigenvalue weighted by molar-refractivity contribution is 0.345. The Hall–Kier alpha value is -1.06. The fourth-order valence-electron chi connectivity index (χ4n) is 1.31. The van der Waals surface area contributed by atoms with Crippen molar-refractivity contribution in [1.29, 1.82) is 0 Å². The number of rotatable bonds is 5. The minimum atomic E-state index is 0.592. The van der Waals surface area contributed by atoms with Gasteiger partial charge in [0.25, 0.3) is 0 Å². The predicted octanol–water partition coefficient (Wildman–Crippen LogP) is 1.09. The molecule has 0 aliphatic heterocycles. The highest BCUT2D eigenvalue weighted by atomic mass is 16.5. The van der Waals surface area contributed by atoms with E-state index in [0.29, 0.717) is 6.67 Å². The first-order chi connectivity index (χ1) is 6.77. The Morgan fingerprint density at radius 1 is 1.36 bits per heavy atom. The summed E-state index contributed by atoms with van der Waals surface area (Å²) in [6, 6.07) is 8.08. The molecule has 3 nitrogen and oxygen atoms in total. The van der Waals surface area contributed by atoms with Crippen molar-refractivity contribution in [3.8, 4) is 5.75 Å². The van der Waals surface area contributed by atoms with Crippen molar-refractivity contribution >= 4 is 0 Å². The summed E-state index contributed by atoms with van der Waals surface area (Å²) in [5.41, 5.74) is 6.73. The first-order valence-electron chi connectivity index (χ1n) is 4.78. The molecule has 3 heteroatoms. The second kappa shape index (κ2) is 5.62. The molecule has 0 aliphatic carbocycles. The summed E-state index contributed by atoms with van der Waals surface area (Å²) < 4.78 is 5.26. The Morgan fingerprint density at radius 3 is 2.71 bits per heavy atom. The number of ether oxygens (including phenoxy) is 1. The van der Waals surface area contributed by atoms with Gasteiger partial charge in [-0.15, -0.1) is 0 Å². The smallest absolute Gasteiger partial charge is 0.122 e. The number of hydrogen-bond donors (Lipinski definition) is 1. The van der Waals surface area contributed by atoms with Crippen molar-refractivity contribution < 1.29 is 4.74 Å². The maximum Gasteiger partial charge on any atom is 0.122 e. The molecule has 0 unspecified atom stereocenters.